The van der Waals surface area contributed by atoms with Crippen molar-refractivity contribution in [3.05, 3.63) is 17.5 Å². The highest BCUT2D eigenvalue weighted by Gasteiger charge is 2.40. The van der Waals surface area contributed by atoms with Crippen LogP contribution in [-0.2, 0) is 11.2 Å². The molecule has 1 rings (SSSR count). The third-order valence-corrected chi connectivity index (χ3v) is 4.02. The number of H-pyrrole nitrogens is 1. The van der Waals surface area contributed by atoms with E-state index >= 15 is 0 Å². The predicted octanol–water partition coefficient (Wildman–Crippen LogP) is 1.53. The lowest BCUT2D eigenvalue weighted by Gasteiger charge is -2.36. The Hall–Kier alpha value is -1.36. The van der Waals surface area contributed by atoms with Crippen molar-refractivity contribution in [2.45, 2.75) is 53.0 Å². The lowest BCUT2D eigenvalue weighted by Crippen LogP contribution is -2.55. The highest BCUT2D eigenvalue weighted by atomic mass is 16.2. The molecule has 0 aliphatic heterocycles. The van der Waals surface area contributed by atoms with E-state index in [2.05, 4.69) is 15.5 Å². The van der Waals surface area contributed by atoms with Crippen molar-refractivity contribution in [3.8, 4) is 0 Å². The SMILES string of the molecule is Cc1[nH]ncc1CCCNC(=O)C(C)(C)C(C)(C)N. The van der Waals surface area contributed by atoms with Crippen molar-refractivity contribution in [1.29, 1.82) is 0 Å². The number of carbonyl (C=O) groups is 1. The van der Waals surface area contributed by atoms with E-state index in [1.165, 1.54) is 5.56 Å². The summed E-state index contributed by atoms with van der Waals surface area (Å²) in [5, 5.41) is 9.85. The Kier molecular flexibility index (Phi) is 4.74. The second-order valence-corrected chi connectivity index (χ2v) is 6.23. The lowest BCUT2D eigenvalue weighted by molar-refractivity contribution is -0.132. The summed E-state index contributed by atoms with van der Waals surface area (Å²) in [6.45, 7) is 10.2. The number of aromatic amines is 1. The van der Waals surface area contributed by atoms with Crippen molar-refractivity contribution < 1.29 is 4.79 Å². The molecule has 0 bridgehead atoms. The minimum absolute atomic E-state index is 0.00363. The Labute approximate surface area is 115 Å². The van der Waals surface area contributed by atoms with E-state index in [0.29, 0.717) is 6.54 Å². The molecule has 0 aliphatic rings. The van der Waals surface area contributed by atoms with Gasteiger partial charge in [-0.15, -0.1) is 0 Å². The monoisotopic (exact) mass is 266 g/mol. The van der Waals surface area contributed by atoms with Gasteiger partial charge in [0.15, 0.2) is 0 Å². The quantitative estimate of drug-likeness (QED) is 0.683. The second-order valence-electron chi connectivity index (χ2n) is 6.23. The van der Waals surface area contributed by atoms with Crippen LogP contribution < -0.4 is 11.1 Å². The number of aromatic nitrogens is 2. The maximum Gasteiger partial charge on any atom is 0.227 e. The van der Waals surface area contributed by atoms with Gasteiger partial charge in [0.05, 0.1) is 11.6 Å². The number of carbonyl (C=O) groups excluding carboxylic acids is 1. The fourth-order valence-corrected chi connectivity index (χ4v) is 1.62. The van der Waals surface area contributed by atoms with E-state index in [-0.39, 0.29) is 5.91 Å². The second kappa shape index (κ2) is 5.74. The number of nitrogens with two attached hydrogens (primary N) is 1. The van der Waals surface area contributed by atoms with Crippen LogP contribution in [0, 0.1) is 12.3 Å². The number of nitrogens with one attached hydrogen (secondary N) is 2. The summed E-state index contributed by atoms with van der Waals surface area (Å²) >= 11 is 0. The Morgan fingerprint density at radius 3 is 2.53 bits per heavy atom. The standard InChI is InChI=1S/C14H26N4O/c1-10-11(9-17-18-10)7-6-8-16-12(19)13(2,3)14(4,5)15/h9H,6-8,15H2,1-5H3,(H,16,19)(H,17,18). The first-order valence-electron chi connectivity index (χ1n) is 6.72. The number of nitrogens with zero attached hydrogens (tertiary/aromatic N) is 1. The molecule has 1 heterocycles. The van der Waals surface area contributed by atoms with Crippen LogP contribution in [0.2, 0.25) is 0 Å². The van der Waals surface area contributed by atoms with Crippen molar-refractivity contribution >= 4 is 5.91 Å². The molecule has 1 amide bonds. The van der Waals surface area contributed by atoms with Gasteiger partial charge < -0.3 is 11.1 Å². The molecular weight excluding hydrogens is 240 g/mol. The average molecular weight is 266 g/mol. The molecule has 0 radical (unpaired) electrons. The summed E-state index contributed by atoms with van der Waals surface area (Å²) in [5.41, 5.74) is 7.21. The molecule has 5 nitrogen and oxygen atoms in total. The molecule has 0 aromatic carbocycles. The number of hydrogen-bond acceptors (Lipinski definition) is 3. The molecule has 0 atom stereocenters. The molecule has 19 heavy (non-hydrogen) atoms. The smallest absolute Gasteiger partial charge is 0.227 e. The fourth-order valence-electron chi connectivity index (χ4n) is 1.62. The van der Waals surface area contributed by atoms with Gasteiger partial charge in [0.1, 0.15) is 0 Å². The van der Waals surface area contributed by atoms with Crippen LogP contribution in [0.4, 0.5) is 0 Å². The molecule has 1 aromatic rings. The van der Waals surface area contributed by atoms with Crippen molar-refractivity contribution in [2.24, 2.45) is 11.1 Å². The first-order chi connectivity index (χ1) is 8.66. The lowest BCUT2D eigenvalue weighted by atomic mass is 9.74. The molecule has 0 saturated carbocycles. The molecule has 0 spiro atoms. The van der Waals surface area contributed by atoms with Gasteiger partial charge in [-0.25, -0.2) is 0 Å². The Bertz CT molecular complexity index is 429. The maximum atomic E-state index is 12.1. The minimum Gasteiger partial charge on any atom is -0.356 e. The van der Waals surface area contributed by atoms with Crippen LogP contribution in [0.1, 0.15) is 45.4 Å². The minimum atomic E-state index is -0.585. The van der Waals surface area contributed by atoms with E-state index in [4.69, 9.17) is 5.73 Å². The summed E-state index contributed by atoms with van der Waals surface area (Å²) in [5.74, 6) is 0.00363. The van der Waals surface area contributed by atoms with E-state index in [1.807, 2.05) is 40.8 Å². The molecule has 0 unspecified atom stereocenters. The van der Waals surface area contributed by atoms with Crippen LogP contribution in [0.25, 0.3) is 0 Å². The maximum absolute atomic E-state index is 12.1. The highest BCUT2D eigenvalue weighted by Crippen LogP contribution is 2.28. The molecule has 5 heteroatoms. The van der Waals surface area contributed by atoms with Gasteiger partial charge in [-0.3, -0.25) is 9.89 Å². The summed E-state index contributed by atoms with van der Waals surface area (Å²) < 4.78 is 0. The van der Waals surface area contributed by atoms with Gasteiger partial charge in [0, 0.05) is 17.8 Å². The molecule has 0 saturated heterocycles. The fraction of sp³-hybridized carbons (Fsp3) is 0.714. The normalized spacial score (nSPS) is 12.5. The Morgan fingerprint density at radius 2 is 2.05 bits per heavy atom. The number of aryl methyl sites for hydroxylation is 2. The summed E-state index contributed by atoms with van der Waals surface area (Å²) in [4.78, 5) is 12.1. The molecule has 0 fully saturated rings. The van der Waals surface area contributed by atoms with Crippen LogP contribution in [0.3, 0.4) is 0 Å². The van der Waals surface area contributed by atoms with Gasteiger partial charge in [0.2, 0.25) is 5.91 Å². The predicted molar refractivity (Wildman–Crippen MR) is 76.7 cm³/mol. The molecule has 108 valence electrons. The van der Waals surface area contributed by atoms with Gasteiger partial charge >= 0.3 is 0 Å². The van der Waals surface area contributed by atoms with Crippen molar-refractivity contribution in [3.63, 3.8) is 0 Å². The van der Waals surface area contributed by atoms with Crippen LogP contribution in [0.15, 0.2) is 6.20 Å². The largest absolute Gasteiger partial charge is 0.356 e. The highest BCUT2D eigenvalue weighted by molar-refractivity contribution is 5.83. The number of amides is 1. The first kappa shape index (κ1) is 15.7. The first-order valence-corrected chi connectivity index (χ1v) is 6.72. The number of hydrogen-bond donors (Lipinski definition) is 3. The molecule has 0 aliphatic carbocycles. The zero-order valence-electron chi connectivity index (χ0n) is 12.6. The number of rotatable bonds is 6. The topological polar surface area (TPSA) is 83.8 Å². The van der Waals surface area contributed by atoms with Crippen molar-refractivity contribution in [2.75, 3.05) is 6.54 Å². The molecular formula is C14H26N4O. The van der Waals surface area contributed by atoms with Crippen LogP contribution >= 0.6 is 0 Å². The average Bonchev–Trinajstić information content (AvgIpc) is 2.68. The molecule has 1 aromatic heterocycles. The van der Waals surface area contributed by atoms with Gasteiger partial charge in [0.25, 0.3) is 0 Å². The van der Waals surface area contributed by atoms with E-state index in [9.17, 15) is 4.79 Å². The summed E-state index contributed by atoms with van der Waals surface area (Å²) in [6.07, 6.45) is 3.65. The van der Waals surface area contributed by atoms with Crippen molar-refractivity contribution in [1.82, 2.24) is 15.5 Å². The third-order valence-electron chi connectivity index (χ3n) is 4.02. The zero-order valence-corrected chi connectivity index (χ0v) is 12.6. The molecule has 4 N–H and O–H groups in total. The van der Waals surface area contributed by atoms with E-state index in [0.717, 1.165) is 18.5 Å². The van der Waals surface area contributed by atoms with Gasteiger partial charge in [-0.2, -0.15) is 5.10 Å². The van der Waals surface area contributed by atoms with Crippen LogP contribution in [0.5, 0.6) is 0 Å². The Morgan fingerprint density at radius 1 is 1.42 bits per heavy atom. The Balaban J connectivity index is 2.38. The zero-order chi connectivity index (χ0) is 14.7. The van der Waals surface area contributed by atoms with Crippen LogP contribution in [-0.4, -0.2) is 28.2 Å². The van der Waals surface area contributed by atoms with Gasteiger partial charge in [-0.05, 0) is 53.0 Å². The van der Waals surface area contributed by atoms with Gasteiger partial charge in [-0.1, -0.05) is 0 Å². The summed E-state index contributed by atoms with van der Waals surface area (Å²) in [7, 11) is 0. The summed E-state index contributed by atoms with van der Waals surface area (Å²) in [6, 6.07) is 0. The van der Waals surface area contributed by atoms with E-state index < -0.39 is 11.0 Å². The van der Waals surface area contributed by atoms with E-state index in [1.54, 1.807) is 0 Å². The third kappa shape index (κ3) is 3.80.